The molecule has 0 aliphatic heterocycles. The van der Waals surface area contributed by atoms with Crippen LogP contribution in [0.1, 0.15) is 39.5 Å². The third-order valence-electron chi connectivity index (χ3n) is 2.07. The van der Waals surface area contributed by atoms with Gasteiger partial charge in [-0.25, -0.2) is 4.79 Å². The second kappa shape index (κ2) is 7.23. The van der Waals surface area contributed by atoms with Gasteiger partial charge in [0.2, 0.25) is 5.91 Å². The summed E-state index contributed by atoms with van der Waals surface area (Å²) in [4.78, 5) is 21.9. The maximum absolute atomic E-state index is 11.3. The maximum atomic E-state index is 11.3. The third-order valence-corrected chi connectivity index (χ3v) is 2.07. The van der Waals surface area contributed by atoms with Gasteiger partial charge >= 0.3 is 5.97 Å². The van der Waals surface area contributed by atoms with E-state index >= 15 is 0 Å². The summed E-state index contributed by atoms with van der Waals surface area (Å²) in [5.74, 6) is -1.54. The van der Waals surface area contributed by atoms with Gasteiger partial charge in [-0.1, -0.05) is 19.8 Å². The number of hydrogen-bond donors (Lipinski definition) is 3. The van der Waals surface area contributed by atoms with Gasteiger partial charge in [-0.3, -0.25) is 4.79 Å². The van der Waals surface area contributed by atoms with E-state index in [0.29, 0.717) is 6.42 Å². The Morgan fingerprint density at radius 1 is 1.33 bits per heavy atom. The molecule has 5 nitrogen and oxygen atoms in total. The fourth-order valence-corrected chi connectivity index (χ4v) is 1.17. The summed E-state index contributed by atoms with van der Waals surface area (Å²) in [5.41, 5.74) is 0. The summed E-state index contributed by atoms with van der Waals surface area (Å²) in [5, 5.41) is 20.1. The zero-order valence-electron chi connectivity index (χ0n) is 9.19. The molecule has 1 amide bonds. The van der Waals surface area contributed by atoms with Crippen LogP contribution in [-0.2, 0) is 9.59 Å². The molecule has 0 aromatic heterocycles. The van der Waals surface area contributed by atoms with Gasteiger partial charge in [0.1, 0.15) is 0 Å². The third kappa shape index (κ3) is 6.06. The summed E-state index contributed by atoms with van der Waals surface area (Å²) in [6.07, 6.45) is 1.92. The van der Waals surface area contributed by atoms with Crippen molar-refractivity contribution in [2.75, 3.05) is 0 Å². The molecule has 0 aliphatic carbocycles. The SMILES string of the molecule is CCCCCC(=O)N[C@H](C(=O)O)C(C)O. The minimum Gasteiger partial charge on any atom is -0.480 e. The van der Waals surface area contributed by atoms with Crippen molar-refractivity contribution in [3.8, 4) is 0 Å². The monoisotopic (exact) mass is 217 g/mol. The van der Waals surface area contributed by atoms with Crippen molar-refractivity contribution in [2.45, 2.75) is 51.7 Å². The van der Waals surface area contributed by atoms with Gasteiger partial charge in [-0.05, 0) is 13.3 Å². The van der Waals surface area contributed by atoms with Crippen LogP contribution in [0.4, 0.5) is 0 Å². The fraction of sp³-hybridized carbons (Fsp3) is 0.800. The van der Waals surface area contributed by atoms with Crippen LogP contribution in [0.3, 0.4) is 0 Å². The lowest BCUT2D eigenvalue weighted by Crippen LogP contribution is -2.47. The first-order valence-electron chi connectivity index (χ1n) is 5.19. The van der Waals surface area contributed by atoms with Gasteiger partial charge in [-0.15, -0.1) is 0 Å². The average Bonchev–Trinajstić information content (AvgIpc) is 2.13. The summed E-state index contributed by atoms with van der Waals surface area (Å²) in [7, 11) is 0. The van der Waals surface area contributed by atoms with E-state index in [0.717, 1.165) is 19.3 Å². The molecule has 0 saturated carbocycles. The van der Waals surface area contributed by atoms with Crippen LogP contribution >= 0.6 is 0 Å². The van der Waals surface area contributed by atoms with E-state index in [1.807, 2.05) is 6.92 Å². The Morgan fingerprint density at radius 2 is 1.93 bits per heavy atom. The molecule has 0 radical (unpaired) electrons. The lowest BCUT2D eigenvalue weighted by Gasteiger charge is -2.16. The smallest absolute Gasteiger partial charge is 0.328 e. The van der Waals surface area contributed by atoms with E-state index in [4.69, 9.17) is 10.2 Å². The van der Waals surface area contributed by atoms with Crippen LogP contribution in [0.2, 0.25) is 0 Å². The largest absolute Gasteiger partial charge is 0.480 e. The Bertz CT molecular complexity index is 215. The van der Waals surface area contributed by atoms with E-state index in [2.05, 4.69) is 5.32 Å². The van der Waals surface area contributed by atoms with E-state index in [9.17, 15) is 9.59 Å². The number of carbonyl (C=O) groups is 2. The molecule has 0 rings (SSSR count). The van der Waals surface area contributed by atoms with Crippen molar-refractivity contribution < 1.29 is 19.8 Å². The molecule has 88 valence electrons. The second-order valence-electron chi connectivity index (χ2n) is 3.58. The Balaban J connectivity index is 3.95. The molecule has 0 aromatic carbocycles. The minimum absolute atomic E-state index is 0.310. The van der Waals surface area contributed by atoms with Gasteiger partial charge in [0, 0.05) is 6.42 Å². The number of unbranched alkanes of at least 4 members (excludes halogenated alkanes) is 2. The molecule has 0 saturated heterocycles. The average molecular weight is 217 g/mol. The number of aliphatic carboxylic acids is 1. The van der Waals surface area contributed by atoms with Gasteiger partial charge < -0.3 is 15.5 Å². The molecule has 0 bridgehead atoms. The number of rotatable bonds is 7. The van der Waals surface area contributed by atoms with Crippen molar-refractivity contribution in [1.29, 1.82) is 0 Å². The molecule has 5 heteroatoms. The zero-order chi connectivity index (χ0) is 11.8. The van der Waals surface area contributed by atoms with Crippen LogP contribution in [0, 0.1) is 0 Å². The first-order chi connectivity index (χ1) is 6.99. The van der Waals surface area contributed by atoms with Gasteiger partial charge in [0.05, 0.1) is 6.10 Å². The molecule has 0 aliphatic rings. The molecule has 0 spiro atoms. The van der Waals surface area contributed by atoms with E-state index in [1.165, 1.54) is 6.92 Å². The van der Waals surface area contributed by atoms with Gasteiger partial charge in [0.25, 0.3) is 0 Å². The first kappa shape index (κ1) is 13.9. The van der Waals surface area contributed by atoms with Crippen LogP contribution in [0.15, 0.2) is 0 Å². The fourth-order valence-electron chi connectivity index (χ4n) is 1.17. The van der Waals surface area contributed by atoms with Gasteiger partial charge in [-0.2, -0.15) is 0 Å². The lowest BCUT2D eigenvalue weighted by molar-refractivity contribution is -0.144. The molecule has 3 N–H and O–H groups in total. The second-order valence-corrected chi connectivity index (χ2v) is 3.58. The van der Waals surface area contributed by atoms with Crippen LogP contribution in [-0.4, -0.2) is 34.2 Å². The Hall–Kier alpha value is -1.10. The highest BCUT2D eigenvalue weighted by molar-refractivity contribution is 5.83. The minimum atomic E-state index is -1.21. The first-order valence-corrected chi connectivity index (χ1v) is 5.19. The maximum Gasteiger partial charge on any atom is 0.328 e. The summed E-state index contributed by atoms with van der Waals surface area (Å²) in [6, 6.07) is -1.21. The molecule has 0 heterocycles. The number of carbonyl (C=O) groups excluding carboxylic acids is 1. The van der Waals surface area contributed by atoms with E-state index < -0.39 is 18.1 Å². The number of carboxylic acid groups (broad SMARTS) is 1. The predicted octanol–water partition coefficient (Wildman–Crippen LogP) is 0.517. The van der Waals surface area contributed by atoms with Crippen LogP contribution in [0.25, 0.3) is 0 Å². The molecule has 0 fully saturated rings. The molecule has 1 unspecified atom stereocenters. The van der Waals surface area contributed by atoms with Crippen molar-refractivity contribution in [1.82, 2.24) is 5.32 Å². The Morgan fingerprint density at radius 3 is 2.33 bits per heavy atom. The molecule has 15 heavy (non-hydrogen) atoms. The Kier molecular flexibility index (Phi) is 6.70. The highest BCUT2D eigenvalue weighted by Gasteiger charge is 2.24. The summed E-state index contributed by atoms with van der Waals surface area (Å²) < 4.78 is 0. The van der Waals surface area contributed by atoms with Crippen LogP contribution < -0.4 is 5.32 Å². The number of nitrogens with one attached hydrogen (secondary N) is 1. The van der Waals surface area contributed by atoms with Crippen molar-refractivity contribution in [3.05, 3.63) is 0 Å². The number of amides is 1. The standard InChI is InChI=1S/C10H19NO4/c1-3-4-5-6-8(13)11-9(7(2)12)10(14)15/h7,9,12H,3-6H2,1-2H3,(H,11,13)(H,14,15)/t7?,9-/m0/s1. The normalized spacial score (nSPS) is 14.3. The molecular weight excluding hydrogens is 198 g/mol. The molecular formula is C10H19NO4. The summed E-state index contributed by atoms with van der Waals surface area (Å²) >= 11 is 0. The van der Waals surface area contributed by atoms with E-state index in [1.54, 1.807) is 0 Å². The molecule has 0 aromatic rings. The topological polar surface area (TPSA) is 86.6 Å². The highest BCUT2D eigenvalue weighted by atomic mass is 16.4. The number of hydrogen-bond acceptors (Lipinski definition) is 3. The van der Waals surface area contributed by atoms with Crippen molar-refractivity contribution >= 4 is 11.9 Å². The van der Waals surface area contributed by atoms with Crippen LogP contribution in [0.5, 0.6) is 0 Å². The molecule has 2 atom stereocenters. The zero-order valence-corrected chi connectivity index (χ0v) is 9.19. The predicted molar refractivity (Wildman–Crippen MR) is 55.4 cm³/mol. The Labute approximate surface area is 89.5 Å². The number of carboxylic acids is 1. The number of aliphatic hydroxyl groups is 1. The lowest BCUT2D eigenvalue weighted by atomic mass is 10.1. The number of aliphatic hydroxyl groups excluding tert-OH is 1. The van der Waals surface area contributed by atoms with Gasteiger partial charge in [0.15, 0.2) is 6.04 Å². The van der Waals surface area contributed by atoms with Crippen molar-refractivity contribution in [3.63, 3.8) is 0 Å². The van der Waals surface area contributed by atoms with E-state index in [-0.39, 0.29) is 5.91 Å². The quantitative estimate of drug-likeness (QED) is 0.542. The summed E-state index contributed by atoms with van der Waals surface area (Å²) in [6.45, 7) is 3.36. The highest BCUT2D eigenvalue weighted by Crippen LogP contribution is 2.00. The van der Waals surface area contributed by atoms with Crippen molar-refractivity contribution in [2.24, 2.45) is 0 Å².